The number of rotatable bonds is 7. The van der Waals surface area contributed by atoms with Crippen LogP contribution in [0.2, 0.25) is 0 Å². The van der Waals surface area contributed by atoms with Crippen molar-refractivity contribution in [2.24, 2.45) is 0 Å². The molecule has 0 aliphatic carbocycles. The van der Waals surface area contributed by atoms with Crippen molar-refractivity contribution in [1.82, 2.24) is 20.1 Å². The fourth-order valence-electron chi connectivity index (χ4n) is 2.33. The van der Waals surface area contributed by atoms with Gasteiger partial charge in [-0.15, -0.1) is 0 Å². The van der Waals surface area contributed by atoms with Crippen LogP contribution in [0.5, 0.6) is 0 Å². The topological polar surface area (TPSA) is 94.0 Å². The number of aryl methyl sites for hydroxylation is 3. The van der Waals surface area contributed by atoms with E-state index in [0.29, 0.717) is 13.1 Å². The number of amides is 1. The molecule has 7 nitrogen and oxygen atoms in total. The van der Waals surface area contributed by atoms with E-state index in [0.717, 1.165) is 29.9 Å². The van der Waals surface area contributed by atoms with Crippen molar-refractivity contribution in [3.63, 3.8) is 0 Å². The van der Waals surface area contributed by atoms with Gasteiger partial charge in [0.15, 0.2) is 9.84 Å². The number of sulfone groups is 1. The maximum absolute atomic E-state index is 11.9. The Kier molecular flexibility index (Phi) is 5.71. The molecule has 0 bridgehead atoms. The van der Waals surface area contributed by atoms with Gasteiger partial charge in [-0.05, 0) is 38.0 Å². The van der Waals surface area contributed by atoms with Crippen LogP contribution in [0.3, 0.4) is 0 Å². The molecule has 0 aliphatic rings. The number of aromatic nitrogens is 3. The SMILES string of the molecule is Cc1nc(C)n(CCCNC(=O)Cc2ccc(S(C)(=O)=O)cc2)n1. The molecule has 0 fully saturated rings. The van der Waals surface area contributed by atoms with E-state index in [-0.39, 0.29) is 17.2 Å². The normalized spacial score (nSPS) is 11.5. The Morgan fingerprint density at radius 1 is 1.21 bits per heavy atom. The lowest BCUT2D eigenvalue weighted by Gasteiger charge is -2.07. The van der Waals surface area contributed by atoms with Crippen LogP contribution in [-0.2, 0) is 27.6 Å². The fourth-order valence-corrected chi connectivity index (χ4v) is 2.96. The molecule has 24 heavy (non-hydrogen) atoms. The number of nitrogens with zero attached hydrogens (tertiary/aromatic N) is 3. The Labute approximate surface area is 142 Å². The van der Waals surface area contributed by atoms with Gasteiger partial charge in [0.05, 0.1) is 11.3 Å². The van der Waals surface area contributed by atoms with Gasteiger partial charge in [0.1, 0.15) is 11.6 Å². The predicted octanol–water partition coefficient (Wildman–Crippen LogP) is 1.05. The van der Waals surface area contributed by atoms with Crippen molar-refractivity contribution < 1.29 is 13.2 Å². The Morgan fingerprint density at radius 3 is 2.42 bits per heavy atom. The van der Waals surface area contributed by atoms with E-state index in [1.165, 1.54) is 12.1 Å². The van der Waals surface area contributed by atoms with Gasteiger partial charge >= 0.3 is 0 Å². The third kappa shape index (κ3) is 5.16. The first-order valence-electron chi connectivity index (χ1n) is 7.69. The van der Waals surface area contributed by atoms with Crippen molar-refractivity contribution in [3.05, 3.63) is 41.5 Å². The van der Waals surface area contributed by atoms with Gasteiger partial charge in [-0.25, -0.2) is 13.4 Å². The second-order valence-corrected chi connectivity index (χ2v) is 7.74. The minimum atomic E-state index is -3.21. The van der Waals surface area contributed by atoms with Gasteiger partial charge in [0.25, 0.3) is 0 Å². The van der Waals surface area contributed by atoms with Crippen LogP contribution in [0.25, 0.3) is 0 Å². The highest BCUT2D eigenvalue weighted by Crippen LogP contribution is 2.10. The molecule has 1 heterocycles. The van der Waals surface area contributed by atoms with E-state index < -0.39 is 9.84 Å². The molecule has 1 amide bonds. The van der Waals surface area contributed by atoms with Crippen LogP contribution >= 0.6 is 0 Å². The van der Waals surface area contributed by atoms with Crippen molar-refractivity contribution >= 4 is 15.7 Å². The maximum Gasteiger partial charge on any atom is 0.224 e. The zero-order chi connectivity index (χ0) is 17.7. The molecule has 1 aromatic heterocycles. The molecule has 0 saturated carbocycles. The lowest BCUT2D eigenvalue weighted by Crippen LogP contribution is -2.27. The Balaban J connectivity index is 1.76. The number of nitrogens with one attached hydrogen (secondary N) is 1. The van der Waals surface area contributed by atoms with Crippen molar-refractivity contribution in [1.29, 1.82) is 0 Å². The van der Waals surface area contributed by atoms with E-state index in [1.807, 2.05) is 18.5 Å². The predicted molar refractivity (Wildman–Crippen MR) is 90.4 cm³/mol. The Hall–Kier alpha value is -2.22. The molecule has 0 saturated heterocycles. The summed E-state index contributed by atoms with van der Waals surface area (Å²) in [5.41, 5.74) is 0.780. The van der Waals surface area contributed by atoms with Gasteiger partial charge in [0, 0.05) is 19.3 Å². The molecule has 0 spiro atoms. The lowest BCUT2D eigenvalue weighted by molar-refractivity contribution is -0.120. The fraction of sp³-hybridized carbons (Fsp3) is 0.438. The summed E-state index contributed by atoms with van der Waals surface area (Å²) in [7, 11) is -3.21. The second kappa shape index (κ2) is 7.57. The van der Waals surface area contributed by atoms with Gasteiger partial charge in [-0.1, -0.05) is 12.1 Å². The molecule has 8 heteroatoms. The van der Waals surface area contributed by atoms with Crippen LogP contribution in [0.15, 0.2) is 29.2 Å². The van der Waals surface area contributed by atoms with Crippen LogP contribution in [0.4, 0.5) is 0 Å². The van der Waals surface area contributed by atoms with Crippen LogP contribution < -0.4 is 5.32 Å². The van der Waals surface area contributed by atoms with Crippen LogP contribution in [0, 0.1) is 13.8 Å². The maximum atomic E-state index is 11.9. The Morgan fingerprint density at radius 2 is 1.88 bits per heavy atom. The largest absolute Gasteiger partial charge is 0.356 e. The third-order valence-corrected chi connectivity index (χ3v) is 4.68. The average molecular weight is 350 g/mol. The van der Waals surface area contributed by atoms with Gasteiger partial charge < -0.3 is 5.32 Å². The van der Waals surface area contributed by atoms with Gasteiger partial charge in [-0.2, -0.15) is 5.10 Å². The first-order chi connectivity index (χ1) is 11.3. The first-order valence-corrected chi connectivity index (χ1v) is 9.58. The summed E-state index contributed by atoms with van der Waals surface area (Å²) in [5.74, 6) is 1.52. The molecule has 2 aromatic rings. The summed E-state index contributed by atoms with van der Waals surface area (Å²) in [5, 5.41) is 7.12. The van der Waals surface area contributed by atoms with E-state index in [4.69, 9.17) is 0 Å². The molecular weight excluding hydrogens is 328 g/mol. The highest BCUT2D eigenvalue weighted by Gasteiger charge is 2.08. The minimum absolute atomic E-state index is 0.0893. The molecule has 0 radical (unpaired) electrons. The number of carbonyl (C=O) groups excluding carboxylic acids is 1. The van der Waals surface area contributed by atoms with Crippen LogP contribution in [0.1, 0.15) is 23.6 Å². The van der Waals surface area contributed by atoms with E-state index >= 15 is 0 Å². The molecule has 1 aromatic carbocycles. The van der Waals surface area contributed by atoms with Crippen molar-refractivity contribution in [2.45, 2.75) is 38.1 Å². The van der Waals surface area contributed by atoms with E-state index in [1.54, 1.807) is 12.1 Å². The Bertz CT molecular complexity index is 810. The number of hydrogen-bond donors (Lipinski definition) is 1. The van der Waals surface area contributed by atoms with Gasteiger partial charge in [0.2, 0.25) is 5.91 Å². The van der Waals surface area contributed by atoms with Gasteiger partial charge in [-0.3, -0.25) is 9.48 Å². The first kappa shape index (κ1) is 18.1. The van der Waals surface area contributed by atoms with Crippen molar-refractivity contribution in [2.75, 3.05) is 12.8 Å². The summed E-state index contributed by atoms with van der Waals surface area (Å²) >= 11 is 0. The molecule has 0 unspecified atom stereocenters. The lowest BCUT2D eigenvalue weighted by atomic mass is 10.1. The van der Waals surface area contributed by atoms with Crippen LogP contribution in [-0.4, -0.2) is 41.9 Å². The number of carbonyl (C=O) groups is 1. The molecule has 2 rings (SSSR count). The minimum Gasteiger partial charge on any atom is -0.356 e. The van der Waals surface area contributed by atoms with E-state index in [9.17, 15) is 13.2 Å². The quantitative estimate of drug-likeness (QED) is 0.753. The van der Waals surface area contributed by atoms with E-state index in [2.05, 4.69) is 15.4 Å². The molecular formula is C16H22N4O3S. The third-order valence-electron chi connectivity index (χ3n) is 3.55. The standard InChI is InChI=1S/C16H22N4O3S/c1-12-18-13(2)20(19-12)10-4-9-17-16(21)11-14-5-7-15(8-6-14)24(3,22)23/h5-8H,4,9-11H2,1-3H3,(H,17,21). The highest BCUT2D eigenvalue weighted by atomic mass is 32.2. The zero-order valence-corrected chi connectivity index (χ0v) is 14.9. The molecule has 130 valence electrons. The summed E-state index contributed by atoms with van der Waals surface area (Å²) < 4.78 is 24.6. The summed E-state index contributed by atoms with van der Waals surface area (Å²) in [6.07, 6.45) is 2.15. The smallest absolute Gasteiger partial charge is 0.224 e. The average Bonchev–Trinajstić information content (AvgIpc) is 2.81. The number of hydrogen-bond acceptors (Lipinski definition) is 5. The molecule has 0 atom stereocenters. The highest BCUT2D eigenvalue weighted by molar-refractivity contribution is 7.90. The second-order valence-electron chi connectivity index (χ2n) is 5.73. The summed E-state index contributed by atoms with van der Waals surface area (Å²) in [6.45, 7) is 5.01. The zero-order valence-electron chi connectivity index (χ0n) is 14.1. The van der Waals surface area contributed by atoms with Crippen molar-refractivity contribution in [3.8, 4) is 0 Å². The monoisotopic (exact) mass is 350 g/mol. The summed E-state index contributed by atoms with van der Waals surface area (Å²) in [4.78, 5) is 16.4. The molecule has 1 N–H and O–H groups in total. The number of benzene rings is 1. The molecule has 0 aliphatic heterocycles. The summed E-state index contributed by atoms with van der Waals surface area (Å²) in [6, 6.07) is 6.37.